The van der Waals surface area contributed by atoms with Crippen molar-refractivity contribution in [3.63, 3.8) is 0 Å². The van der Waals surface area contributed by atoms with E-state index in [0.717, 1.165) is 42.4 Å². The van der Waals surface area contributed by atoms with Crippen molar-refractivity contribution in [3.05, 3.63) is 53.6 Å². The molecule has 150 valence electrons. The second-order valence-electron chi connectivity index (χ2n) is 7.64. The Bertz CT molecular complexity index is 823. The highest BCUT2D eigenvalue weighted by atomic mass is 19.2. The topological polar surface area (TPSA) is 27.7 Å². The van der Waals surface area contributed by atoms with E-state index in [1.54, 1.807) is 6.07 Å². The molecule has 0 saturated carbocycles. The van der Waals surface area contributed by atoms with Crippen molar-refractivity contribution < 1.29 is 23.0 Å². The Morgan fingerprint density at radius 1 is 1.00 bits per heavy atom. The number of benzene rings is 2. The van der Waals surface area contributed by atoms with Crippen molar-refractivity contribution in [1.29, 1.82) is 0 Å². The Morgan fingerprint density at radius 2 is 1.82 bits per heavy atom. The molecule has 1 saturated heterocycles. The van der Waals surface area contributed by atoms with Crippen molar-refractivity contribution >= 4 is 0 Å². The summed E-state index contributed by atoms with van der Waals surface area (Å²) in [6.45, 7) is 4.14. The standard InChI is InChI=1S/C23H26F2O3/c1-2-3-4-9-26-18-10-17-13-27-22-12-16(5-7-19(22)23(17)28-14-18)15-6-8-20(24)21(25)11-15/h5-8,11-12,17-18,23H,2-4,9-10,13-14H2,1H3/t17-,18?,23+/m0/s1. The minimum atomic E-state index is -0.850. The highest BCUT2D eigenvalue weighted by Gasteiger charge is 2.38. The third-order valence-corrected chi connectivity index (χ3v) is 5.58. The summed E-state index contributed by atoms with van der Waals surface area (Å²) >= 11 is 0. The molecule has 2 aromatic rings. The number of fused-ring (bicyclic) bond motifs is 3. The average molecular weight is 388 g/mol. The van der Waals surface area contributed by atoms with E-state index in [0.29, 0.717) is 18.8 Å². The zero-order valence-corrected chi connectivity index (χ0v) is 16.1. The summed E-state index contributed by atoms with van der Waals surface area (Å²) in [4.78, 5) is 0. The van der Waals surface area contributed by atoms with Crippen molar-refractivity contribution in [2.45, 2.75) is 44.8 Å². The van der Waals surface area contributed by atoms with E-state index in [1.165, 1.54) is 18.9 Å². The van der Waals surface area contributed by atoms with Gasteiger partial charge < -0.3 is 14.2 Å². The molecular formula is C23H26F2O3. The summed E-state index contributed by atoms with van der Waals surface area (Å²) in [5, 5.41) is 0. The van der Waals surface area contributed by atoms with E-state index in [4.69, 9.17) is 14.2 Å². The lowest BCUT2D eigenvalue weighted by Crippen LogP contribution is -2.39. The van der Waals surface area contributed by atoms with Crippen molar-refractivity contribution in [2.24, 2.45) is 5.92 Å². The van der Waals surface area contributed by atoms with Gasteiger partial charge in [-0.25, -0.2) is 8.78 Å². The van der Waals surface area contributed by atoms with E-state index < -0.39 is 11.6 Å². The Kier molecular flexibility index (Phi) is 5.93. The lowest BCUT2D eigenvalue weighted by Gasteiger charge is -2.40. The van der Waals surface area contributed by atoms with E-state index in [1.807, 2.05) is 18.2 Å². The normalized spacial score (nSPS) is 23.6. The molecule has 0 aromatic heterocycles. The van der Waals surface area contributed by atoms with Gasteiger partial charge >= 0.3 is 0 Å². The van der Waals surface area contributed by atoms with Gasteiger partial charge in [-0.1, -0.05) is 38.0 Å². The van der Waals surface area contributed by atoms with Gasteiger partial charge in [-0.05, 0) is 42.2 Å². The maximum absolute atomic E-state index is 13.6. The molecule has 0 bridgehead atoms. The molecule has 2 heterocycles. The molecule has 3 nitrogen and oxygen atoms in total. The molecule has 0 amide bonds. The van der Waals surface area contributed by atoms with E-state index in [2.05, 4.69) is 6.92 Å². The van der Waals surface area contributed by atoms with Gasteiger partial charge in [-0.3, -0.25) is 0 Å². The fraction of sp³-hybridized carbons (Fsp3) is 0.478. The van der Waals surface area contributed by atoms with Gasteiger partial charge in [0.2, 0.25) is 0 Å². The number of hydrogen-bond donors (Lipinski definition) is 0. The molecule has 2 aliphatic heterocycles. The third-order valence-electron chi connectivity index (χ3n) is 5.58. The summed E-state index contributed by atoms with van der Waals surface area (Å²) in [6, 6.07) is 9.70. The lowest BCUT2D eigenvalue weighted by atomic mass is 9.86. The number of unbranched alkanes of at least 4 members (excludes halogenated alkanes) is 2. The van der Waals surface area contributed by atoms with E-state index >= 15 is 0 Å². The monoisotopic (exact) mass is 388 g/mol. The second kappa shape index (κ2) is 8.58. The van der Waals surface area contributed by atoms with Crippen LogP contribution in [0.3, 0.4) is 0 Å². The Labute approximate surface area is 164 Å². The van der Waals surface area contributed by atoms with E-state index in [-0.39, 0.29) is 18.1 Å². The molecule has 0 spiro atoms. The first-order valence-electron chi connectivity index (χ1n) is 10.1. The highest BCUT2D eigenvalue weighted by Crippen LogP contribution is 2.44. The number of hydrogen-bond acceptors (Lipinski definition) is 3. The zero-order valence-electron chi connectivity index (χ0n) is 16.1. The van der Waals surface area contributed by atoms with Gasteiger partial charge in [-0.15, -0.1) is 0 Å². The first-order chi connectivity index (χ1) is 13.7. The van der Waals surface area contributed by atoms with Gasteiger partial charge in [0, 0.05) is 18.1 Å². The molecule has 2 aromatic carbocycles. The zero-order chi connectivity index (χ0) is 19.5. The van der Waals surface area contributed by atoms with Gasteiger partial charge in [0.1, 0.15) is 5.75 Å². The lowest BCUT2D eigenvalue weighted by molar-refractivity contribution is -0.130. The van der Waals surface area contributed by atoms with Gasteiger partial charge in [0.15, 0.2) is 11.6 Å². The molecule has 0 radical (unpaired) electrons. The van der Waals surface area contributed by atoms with Crippen LogP contribution in [-0.4, -0.2) is 25.9 Å². The highest BCUT2D eigenvalue weighted by molar-refractivity contribution is 5.66. The molecule has 1 fully saturated rings. The third kappa shape index (κ3) is 4.06. The molecule has 4 rings (SSSR count). The maximum Gasteiger partial charge on any atom is 0.159 e. The van der Waals surface area contributed by atoms with Crippen LogP contribution in [0.4, 0.5) is 8.78 Å². The number of rotatable bonds is 6. The van der Waals surface area contributed by atoms with Crippen LogP contribution in [0.15, 0.2) is 36.4 Å². The van der Waals surface area contributed by atoms with Crippen LogP contribution in [0.2, 0.25) is 0 Å². The molecule has 5 heteroatoms. The Balaban J connectivity index is 1.45. The fourth-order valence-corrected chi connectivity index (χ4v) is 4.04. The van der Waals surface area contributed by atoms with Crippen LogP contribution < -0.4 is 4.74 Å². The predicted molar refractivity (Wildman–Crippen MR) is 103 cm³/mol. The first-order valence-corrected chi connectivity index (χ1v) is 10.1. The predicted octanol–water partition coefficient (Wildman–Crippen LogP) is 5.68. The minimum absolute atomic E-state index is 0.00162. The quantitative estimate of drug-likeness (QED) is 0.596. The molecule has 2 aliphatic rings. The van der Waals surface area contributed by atoms with Crippen molar-refractivity contribution in [3.8, 4) is 16.9 Å². The summed E-state index contributed by atoms with van der Waals surface area (Å²) in [5.74, 6) is -0.669. The average Bonchev–Trinajstić information content (AvgIpc) is 2.72. The van der Waals surface area contributed by atoms with Crippen LogP contribution in [0.25, 0.3) is 11.1 Å². The second-order valence-corrected chi connectivity index (χ2v) is 7.64. The molecule has 0 aliphatic carbocycles. The summed E-state index contributed by atoms with van der Waals surface area (Å²) < 4.78 is 44.9. The number of halogens is 2. The fourth-order valence-electron chi connectivity index (χ4n) is 4.04. The molecular weight excluding hydrogens is 362 g/mol. The Morgan fingerprint density at radius 3 is 2.64 bits per heavy atom. The molecule has 3 atom stereocenters. The molecule has 0 N–H and O–H groups in total. The minimum Gasteiger partial charge on any atom is -0.493 e. The number of ether oxygens (including phenoxy) is 3. The van der Waals surface area contributed by atoms with Crippen LogP contribution in [0.1, 0.15) is 44.3 Å². The van der Waals surface area contributed by atoms with Crippen LogP contribution in [-0.2, 0) is 9.47 Å². The summed E-state index contributed by atoms with van der Waals surface area (Å²) in [5.41, 5.74) is 2.44. The smallest absolute Gasteiger partial charge is 0.159 e. The van der Waals surface area contributed by atoms with Crippen molar-refractivity contribution in [1.82, 2.24) is 0 Å². The van der Waals surface area contributed by atoms with Gasteiger partial charge in [0.25, 0.3) is 0 Å². The van der Waals surface area contributed by atoms with Crippen LogP contribution >= 0.6 is 0 Å². The maximum atomic E-state index is 13.6. The summed E-state index contributed by atoms with van der Waals surface area (Å²) in [7, 11) is 0. The Hall–Kier alpha value is -1.98. The van der Waals surface area contributed by atoms with Gasteiger partial charge in [-0.2, -0.15) is 0 Å². The first kappa shape index (κ1) is 19.3. The van der Waals surface area contributed by atoms with Gasteiger partial charge in [0.05, 0.1) is 25.4 Å². The van der Waals surface area contributed by atoms with Crippen LogP contribution in [0, 0.1) is 17.6 Å². The molecule has 1 unspecified atom stereocenters. The van der Waals surface area contributed by atoms with Crippen LogP contribution in [0.5, 0.6) is 5.75 Å². The largest absolute Gasteiger partial charge is 0.493 e. The SMILES string of the molecule is CCCCCOC1CO[C@H]2c3ccc(-c4ccc(F)c(F)c4)cc3OC[C@@H]2C1. The van der Waals surface area contributed by atoms with Crippen molar-refractivity contribution in [2.75, 3.05) is 19.8 Å². The molecule has 28 heavy (non-hydrogen) atoms. The summed E-state index contributed by atoms with van der Waals surface area (Å²) in [6.07, 6.45) is 4.53. The van der Waals surface area contributed by atoms with E-state index in [9.17, 15) is 8.78 Å².